The van der Waals surface area contributed by atoms with E-state index in [9.17, 15) is 4.79 Å². The maximum atomic E-state index is 12.6. The number of anilines is 1. The van der Waals surface area contributed by atoms with E-state index in [0.29, 0.717) is 12.4 Å². The Morgan fingerprint density at radius 1 is 1.08 bits per heavy atom. The molecule has 2 aromatic heterocycles. The van der Waals surface area contributed by atoms with Crippen molar-refractivity contribution in [3.8, 4) is 5.75 Å². The smallest absolute Gasteiger partial charge is 0.232 e. The molecular formula is C21H21N3O2. The van der Waals surface area contributed by atoms with Crippen LogP contribution >= 0.6 is 0 Å². The van der Waals surface area contributed by atoms with Crippen LogP contribution in [0, 0.1) is 6.92 Å². The van der Waals surface area contributed by atoms with Crippen molar-refractivity contribution in [2.24, 2.45) is 0 Å². The third-order valence-electron chi connectivity index (χ3n) is 3.97. The minimum atomic E-state index is -0.0208. The van der Waals surface area contributed by atoms with Gasteiger partial charge in [0.1, 0.15) is 18.2 Å². The average Bonchev–Trinajstić information content (AvgIpc) is 2.67. The Labute approximate surface area is 153 Å². The van der Waals surface area contributed by atoms with E-state index in [4.69, 9.17) is 4.74 Å². The fraction of sp³-hybridized carbons (Fsp3) is 0.190. The molecule has 0 unspecified atom stereocenters. The highest BCUT2D eigenvalue weighted by atomic mass is 16.5. The Kier molecular flexibility index (Phi) is 5.59. The van der Waals surface area contributed by atoms with Crippen LogP contribution in [0.2, 0.25) is 0 Å². The summed E-state index contributed by atoms with van der Waals surface area (Å²) in [4.78, 5) is 22.6. The van der Waals surface area contributed by atoms with Gasteiger partial charge in [0.25, 0.3) is 0 Å². The number of hydrogen-bond donors (Lipinski definition) is 0. The summed E-state index contributed by atoms with van der Waals surface area (Å²) in [6.45, 7) is 2.35. The molecule has 1 aromatic carbocycles. The highest BCUT2D eigenvalue weighted by Gasteiger charge is 2.13. The topological polar surface area (TPSA) is 55.3 Å². The molecule has 0 N–H and O–H groups in total. The number of hydrogen-bond acceptors (Lipinski definition) is 4. The second-order valence-electron chi connectivity index (χ2n) is 6.06. The number of amides is 1. The first kappa shape index (κ1) is 17.6. The van der Waals surface area contributed by atoms with Crippen LogP contribution in [-0.2, 0) is 17.8 Å². The summed E-state index contributed by atoms with van der Waals surface area (Å²) in [5, 5.41) is 0. The lowest BCUT2D eigenvalue weighted by atomic mass is 10.1. The molecule has 0 atom stereocenters. The molecule has 26 heavy (non-hydrogen) atoms. The van der Waals surface area contributed by atoms with Gasteiger partial charge in [-0.3, -0.25) is 14.7 Å². The van der Waals surface area contributed by atoms with Crippen molar-refractivity contribution in [3.63, 3.8) is 0 Å². The first-order valence-electron chi connectivity index (χ1n) is 8.43. The maximum Gasteiger partial charge on any atom is 0.232 e. The molecule has 0 bridgehead atoms. The summed E-state index contributed by atoms with van der Waals surface area (Å²) < 4.78 is 5.80. The summed E-state index contributed by atoms with van der Waals surface area (Å²) in [7, 11) is 1.74. The average molecular weight is 347 g/mol. The van der Waals surface area contributed by atoms with E-state index in [-0.39, 0.29) is 12.3 Å². The van der Waals surface area contributed by atoms with Gasteiger partial charge in [-0.1, -0.05) is 24.3 Å². The van der Waals surface area contributed by atoms with Crippen LogP contribution in [0.3, 0.4) is 0 Å². The fourth-order valence-corrected chi connectivity index (χ4v) is 2.53. The Balaban J connectivity index is 1.63. The number of rotatable bonds is 6. The zero-order valence-corrected chi connectivity index (χ0v) is 14.9. The summed E-state index contributed by atoms with van der Waals surface area (Å²) in [6, 6.07) is 17.1. The number of nitrogens with zero attached hydrogens (tertiary/aromatic N) is 3. The van der Waals surface area contributed by atoms with E-state index in [2.05, 4.69) is 9.97 Å². The molecule has 0 spiro atoms. The zero-order valence-electron chi connectivity index (χ0n) is 14.9. The molecule has 0 aliphatic heterocycles. The van der Waals surface area contributed by atoms with Crippen LogP contribution in [-0.4, -0.2) is 22.9 Å². The maximum absolute atomic E-state index is 12.6. The van der Waals surface area contributed by atoms with E-state index >= 15 is 0 Å². The first-order chi connectivity index (χ1) is 12.6. The molecule has 0 radical (unpaired) electrons. The lowest BCUT2D eigenvalue weighted by molar-refractivity contribution is -0.117. The zero-order chi connectivity index (χ0) is 18.4. The summed E-state index contributed by atoms with van der Waals surface area (Å²) in [5.74, 6) is 1.36. The number of benzene rings is 1. The number of aryl methyl sites for hydroxylation is 1. The molecule has 5 heteroatoms. The van der Waals surface area contributed by atoms with Gasteiger partial charge in [-0.2, -0.15) is 0 Å². The van der Waals surface area contributed by atoms with Gasteiger partial charge >= 0.3 is 0 Å². The van der Waals surface area contributed by atoms with Gasteiger partial charge in [0.15, 0.2) is 0 Å². The van der Waals surface area contributed by atoms with Crippen molar-refractivity contribution in [3.05, 3.63) is 83.8 Å². The second kappa shape index (κ2) is 8.25. The van der Waals surface area contributed by atoms with Gasteiger partial charge < -0.3 is 4.74 Å². The molecule has 0 saturated heterocycles. The lowest BCUT2D eigenvalue weighted by Crippen LogP contribution is -2.28. The molecule has 1 amide bonds. The van der Waals surface area contributed by atoms with Crippen LogP contribution in [0.5, 0.6) is 5.75 Å². The highest BCUT2D eigenvalue weighted by molar-refractivity contribution is 5.93. The number of ether oxygens (including phenoxy) is 1. The quantitative estimate of drug-likeness (QED) is 0.684. The van der Waals surface area contributed by atoms with Crippen molar-refractivity contribution < 1.29 is 9.53 Å². The van der Waals surface area contributed by atoms with Gasteiger partial charge in [0, 0.05) is 30.7 Å². The van der Waals surface area contributed by atoms with Crippen LogP contribution in [0.15, 0.2) is 67.0 Å². The van der Waals surface area contributed by atoms with Crippen molar-refractivity contribution in [2.45, 2.75) is 20.0 Å². The van der Waals surface area contributed by atoms with E-state index in [1.807, 2.05) is 61.5 Å². The molecule has 3 aromatic rings. The normalized spacial score (nSPS) is 10.4. The highest BCUT2D eigenvalue weighted by Crippen LogP contribution is 2.17. The summed E-state index contributed by atoms with van der Waals surface area (Å²) in [5.41, 5.74) is 2.78. The van der Waals surface area contributed by atoms with Gasteiger partial charge in [0.2, 0.25) is 5.91 Å². The largest absolute Gasteiger partial charge is 0.489 e. The molecule has 0 aliphatic rings. The van der Waals surface area contributed by atoms with E-state index in [1.165, 1.54) is 0 Å². The van der Waals surface area contributed by atoms with Gasteiger partial charge in [-0.15, -0.1) is 0 Å². The van der Waals surface area contributed by atoms with E-state index in [0.717, 1.165) is 22.6 Å². The Morgan fingerprint density at radius 2 is 1.88 bits per heavy atom. The molecule has 2 heterocycles. The van der Waals surface area contributed by atoms with Crippen LogP contribution in [0.4, 0.5) is 5.82 Å². The third kappa shape index (κ3) is 4.66. The third-order valence-corrected chi connectivity index (χ3v) is 3.97. The van der Waals surface area contributed by atoms with Crippen LogP contribution in [0.1, 0.15) is 16.8 Å². The van der Waals surface area contributed by atoms with Crippen LogP contribution < -0.4 is 9.64 Å². The first-order valence-corrected chi connectivity index (χ1v) is 8.43. The molecule has 0 fully saturated rings. The van der Waals surface area contributed by atoms with Crippen molar-refractivity contribution >= 4 is 11.7 Å². The monoisotopic (exact) mass is 347 g/mol. The van der Waals surface area contributed by atoms with Crippen molar-refractivity contribution in [1.82, 2.24) is 9.97 Å². The van der Waals surface area contributed by atoms with Crippen molar-refractivity contribution in [1.29, 1.82) is 0 Å². The van der Waals surface area contributed by atoms with Gasteiger partial charge in [-0.25, -0.2) is 4.98 Å². The molecule has 3 rings (SSSR count). The minimum Gasteiger partial charge on any atom is -0.489 e. The number of carbonyl (C=O) groups is 1. The Bertz CT molecular complexity index is 881. The standard InChI is InChI=1S/C21H21N3O2/c1-16-6-3-10-20(23-16)24(2)21(25)13-17-7-4-9-19(12-17)26-15-18-8-5-11-22-14-18/h3-12,14H,13,15H2,1-2H3. The molecule has 0 saturated carbocycles. The second-order valence-corrected chi connectivity index (χ2v) is 6.06. The Morgan fingerprint density at radius 3 is 2.65 bits per heavy atom. The number of aromatic nitrogens is 2. The lowest BCUT2D eigenvalue weighted by Gasteiger charge is -2.17. The van der Waals surface area contributed by atoms with Crippen LogP contribution in [0.25, 0.3) is 0 Å². The minimum absolute atomic E-state index is 0.0208. The summed E-state index contributed by atoms with van der Waals surface area (Å²) >= 11 is 0. The predicted octanol–water partition coefficient (Wildman–Crippen LogP) is 3.57. The SMILES string of the molecule is Cc1cccc(N(C)C(=O)Cc2cccc(OCc3cccnc3)c2)n1. The van der Waals surface area contributed by atoms with E-state index in [1.54, 1.807) is 24.3 Å². The van der Waals surface area contributed by atoms with E-state index < -0.39 is 0 Å². The molecular weight excluding hydrogens is 326 g/mol. The van der Waals surface area contributed by atoms with Gasteiger partial charge in [0.05, 0.1) is 6.42 Å². The fourth-order valence-electron chi connectivity index (χ4n) is 2.53. The number of carbonyl (C=O) groups excluding carboxylic acids is 1. The van der Waals surface area contributed by atoms with Gasteiger partial charge in [-0.05, 0) is 42.8 Å². The Hall–Kier alpha value is -3.21. The summed E-state index contributed by atoms with van der Waals surface area (Å²) in [6.07, 6.45) is 3.79. The molecule has 5 nitrogen and oxygen atoms in total. The number of pyridine rings is 2. The molecule has 0 aliphatic carbocycles. The molecule has 132 valence electrons. The predicted molar refractivity (Wildman–Crippen MR) is 101 cm³/mol. The van der Waals surface area contributed by atoms with Crippen molar-refractivity contribution in [2.75, 3.05) is 11.9 Å². The number of likely N-dealkylation sites (N-methyl/N-ethyl adjacent to an activating group) is 1.